The molecular weight excluding hydrogens is 657 g/mol. The van der Waals surface area contributed by atoms with Crippen molar-refractivity contribution in [2.45, 2.75) is 13.5 Å². The number of anilines is 1. The smallest absolute Gasteiger partial charge is 0.266 e. The third-order valence-electron chi connectivity index (χ3n) is 4.44. The number of nitrogens with one attached hydrogen (secondary N) is 1. The Bertz CT molecular complexity index is 1210. The molecule has 3 aromatic carbocycles. The predicted molar refractivity (Wildman–Crippen MR) is 141 cm³/mol. The molecule has 0 bridgehead atoms. The molecule has 0 aliphatic heterocycles. The number of carbonyl (C=O) groups is 1. The summed E-state index contributed by atoms with van der Waals surface area (Å²) in [6.07, 6.45) is 1.53. The molecule has 0 unspecified atom stereocenters. The van der Waals surface area contributed by atoms with Crippen LogP contribution in [0.4, 0.5) is 10.1 Å². The summed E-state index contributed by atoms with van der Waals surface area (Å²) >= 11 is 10.3. The van der Waals surface area contributed by atoms with Crippen molar-refractivity contribution < 1.29 is 13.9 Å². The molecule has 162 valence electrons. The number of hydrogen-bond acceptors (Lipinski definition) is 3. The number of aryl methyl sites for hydroxylation is 1. The van der Waals surface area contributed by atoms with Crippen LogP contribution < -0.4 is 10.1 Å². The summed E-state index contributed by atoms with van der Waals surface area (Å²) in [5, 5.41) is 12.8. The second kappa shape index (κ2) is 11.1. The van der Waals surface area contributed by atoms with E-state index in [1.807, 2.05) is 25.1 Å². The van der Waals surface area contributed by atoms with Crippen LogP contribution in [0.25, 0.3) is 6.08 Å². The van der Waals surface area contributed by atoms with Gasteiger partial charge in [-0.25, -0.2) is 4.39 Å². The Morgan fingerprint density at radius 2 is 1.81 bits per heavy atom. The van der Waals surface area contributed by atoms with Gasteiger partial charge in [0.1, 0.15) is 29.8 Å². The first-order valence-corrected chi connectivity index (χ1v) is 11.9. The highest BCUT2D eigenvalue weighted by atomic mass is 127. The van der Waals surface area contributed by atoms with Crippen molar-refractivity contribution in [3.63, 3.8) is 0 Å². The molecule has 0 aliphatic carbocycles. The molecule has 0 radical (unpaired) electrons. The average molecular weight is 673 g/mol. The third-order valence-corrected chi connectivity index (χ3v) is 6.28. The first-order chi connectivity index (χ1) is 15.3. The molecule has 32 heavy (non-hydrogen) atoms. The maximum Gasteiger partial charge on any atom is 0.266 e. The monoisotopic (exact) mass is 672 g/mol. The van der Waals surface area contributed by atoms with Crippen LogP contribution in [-0.4, -0.2) is 5.91 Å². The van der Waals surface area contributed by atoms with Gasteiger partial charge in [0.15, 0.2) is 0 Å². The SMILES string of the molecule is Cc1ccc(Cl)cc1NC(=O)/C(C#N)=C/c1cc(I)c(OCc2ccc(F)cc2)c(I)c1. The molecule has 0 aliphatic rings. The van der Waals surface area contributed by atoms with E-state index in [0.29, 0.717) is 28.6 Å². The van der Waals surface area contributed by atoms with Crippen LogP contribution in [0, 0.1) is 31.2 Å². The maximum atomic E-state index is 13.1. The largest absolute Gasteiger partial charge is 0.487 e. The molecule has 0 saturated heterocycles. The second-order valence-corrected chi connectivity index (χ2v) is 9.57. The normalized spacial score (nSPS) is 11.1. The molecule has 0 atom stereocenters. The molecule has 8 heteroatoms. The fourth-order valence-corrected chi connectivity index (χ4v) is 5.07. The summed E-state index contributed by atoms with van der Waals surface area (Å²) in [6, 6.07) is 16.9. The third kappa shape index (κ3) is 6.43. The van der Waals surface area contributed by atoms with Crippen LogP contribution in [-0.2, 0) is 11.4 Å². The number of ether oxygens (including phenoxy) is 1. The highest BCUT2D eigenvalue weighted by Crippen LogP contribution is 2.31. The van der Waals surface area contributed by atoms with E-state index in [2.05, 4.69) is 50.5 Å². The van der Waals surface area contributed by atoms with Gasteiger partial charge in [0, 0.05) is 10.7 Å². The molecular formula is C24H16ClFI2N2O2. The van der Waals surface area contributed by atoms with E-state index in [1.165, 1.54) is 18.2 Å². The Hall–Kier alpha value is -2.16. The topological polar surface area (TPSA) is 62.1 Å². The number of rotatable bonds is 6. The minimum Gasteiger partial charge on any atom is -0.487 e. The van der Waals surface area contributed by atoms with E-state index in [9.17, 15) is 14.4 Å². The quantitative estimate of drug-likeness (QED) is 0.172. The van der Waals surface area contributed by atoms with E-state index < -0.39 is 5.91 Å². The van der Waals surface area contributed by atoms with E-state index >= 15 is 0 Å². The number of nitriles is 1. The number of hydrogen-bond donors (Lipinski definition) is 1. The lowest BCUT2D eigenvalue weighted by Gasteiger charge is -2.12. The second-order valence-electron chi connectivity index (χ2n) is 6.81. The minimum atomic E-state index is -0.514. The van der Waals surface area contributed by atoms with Gasteiger partial charge in [-0.3, -0.25) is 4.79 Å². The van der Waals surface area contributed by atoms with Crippen LogP contribution in [0.15, 0.2) is 60.2 Å². The fourth-order valence-electron chi connectivity index (χ4n) is 2.77. The highest BCUT2D eigenvalue weighted by Gasteiger charge is 2.14. The predicted octanol–water partition coefficient (Wildman–Crippen LogP) is 7.12. The van der Waals surface area contributed by atoms with Crippen molar-refractivity contribution >= 4 is 74.5 Å². The Kier molecular flexibility index (Phi) is 8.51. The lowest BCUT2D eigenvalue weighted by Crippen LogP contribution is -2.14. The molecule has 3 rings (SSSR count). The molecule has 3 aromatic rings. The number of nitrogens with zero attached hydrogens (tertiary/aromatic N) is 1. The summed E-state index contributed by atoms with van der Waals surface area (Å²) < 4.78 is 20.6. The number of carbonyl (C=O) groups excluding carboxylic acids is 1. The van der Waals surface area contributed by atoms with Crippen molar-refractivity contribution in [3.05, 3.63) is 94.8 Å². The fraction of sp³-hybridized carbons (Fsp3) is 0.0833. The molecule has 0 fully saturated rings. The molecule has 0 saturated carbocycles. The van der Waals surface area contributed by atoms with Crippen LogP contribution >= 0.6 is 56.8 Å². The van der Waals surface area contributed by atoms with Gasteiger partial charge in [-0.2, -0.15) is 5.26 Å². The summed E-state index contributed by atoms with van der Waals surface area (Å²) in [7, 11) is 0. The summed E-state index contributed by atoms with van der Waals surface area (Å²) in [5.74, 6) is -0.124. The molecule has 0 aromatic heterocycles. The Morgan fingerprint density at radius 3 is 2.44 bits per heavy atom. The van der Waals surface area contributed by atoms with Crippen molar-refractivity contribution in [3.8, 4) is 11.8 Å². The van der Waals surface area contributed by atoms with Crippen molar-refractivity contribution in [2.75, 3.05) is 5.32 Å². The van der Waals surface area contributed by atoms with Crippen LogP contribution in [0.2, 0.25) is 5.02 Å². The van der Waals surface area contributed by atoms with Crippen LogP contribution in [0.1, 0.15) is 16.7 Å². The van der Waals surface area contributed by atoms with E-state index in [1.54, 1.807) is 30.3 Å². The van der Waals surface area contributed by atoms with Crippen LogP contribution in [0.5, 0.6) is 5.75 Å². The number of benzene rings is 3. The van der Waals surface area contributed by atoms with Gasteiger partial charge in [-0.15, -0.1) is 0 Å². The summed E-state index contributed by atoms with van der Waals surface area (Å²) in [6.45, 7) is 2.14. The number of halogens is 4. The number of amides is 1. The van der Waals surface area contributed by atoms with Gasteiger partial charge in [-0.05, 0) is 111 Å². The minimum absolute atomic E-state index is 0.0315. The Labute approximate surface area is 217 Å². The average Bonchev–Trinajstić information content (AvgIpc) is 2.75. The van der Waals surface area contributed by atoms with Crippen LogP contribution in [0.3, 0.4) is 0 Å². The van der Waals surface area contributed by atoms with Crippen molar-refractivity contribution in [1.29, 1.82) is 5.26 Å². The summed E-state index contributed by atoms with van der Waals surface area (Å²) in [4.78, 5) is 12.6. The maximum absolute atomic E-state index is 13.1. The van der Waals surface area contributed by atoms with Gasteiger partial charge in [0.2, 0.25) is 0 Å². The lowest BCUT2D eigenvalue weighted by atomic mass is 10.1. The standard InChI is InChI=1S/C24H16ClFI2N2O2/c1-14-2-5-18(25)11-22(14)30-24(31)17(12-29)8-16-9-20(27)23(21(28)10-16)32-13-15-3-6-19(26)7-4-15/h2-11H,13H2,1H3,(H,30,31)/b17-8+. The molecule has 0 heterocycles. The first kappa shape index (κ1) is 24.5. The molecule has 1 N–H and O–H groups in total. The highest BCUT2D eigenvalue weighted by molar-refractivity contribution is 14.1. The zero-order valence-electron chi connectivity index (χ0n) is 16.8. The Balaban J connectivity index is 1.78. The van der Waals surface area contributed by atoms with Gasteiger partial charge < -0.3 is 10.1 Å². The molecule has 1 amide bonds. The van der Waals surface area contributed by atoms with E-state index in [0.717, 1.165) is 18.3 Å². The van der Waals surface area contributed by atoms with Gasteiger partial charge in [0.25, 0.3) is 5.91 Å². The van der Waals surface area contributed by atoms with E-state index in [-0.39, 0.29) is 11.4 Å². The molecule has 0 spiro atoms. The Morgan fingerprint density at radius 1 is 1.16 bits per heavy atom. The van der Waals surface area contributed by atoms with Gasteiger partial charge >= 0.3 is 0 Å². The zero-order chi connectivity index (χ0) is 23.3. The van der Waals surface area contributed by atoms with E-state index in [4.69, 9.17) is 16.3 Å². The van der Waals surface area contributed by atoms with Gasteiger partial charge in [0.05, 0.1) is 7.14 Å². The lowest BCUT2D eigenvalue weighted by molar-refractivity contribution is -0.112. The van der Waals surface area contributed by atoms with Gasteiger partial charge in [-0.1, -0.05) is 29.8 Å². The first-order valence-electron chi connectivity index (χ1n) is 9.32. The van der Waals surface area contributed by atoms with Crippen molar-refractivity contribution in [1.82, 2.24) is 0 Å². The summed E-state index contributed by atoms with van der Waals surface area (Å²) in [5.41, 5.74) is 2.91. The zero-order valence-corrected chi connectivity index (χ0v) is 21.8. The molecule has 4 nitrogen and oxygen atoms in total. The van der Waals surface area contributed by atoms with Crippen molar-refractivity contribution in [2.24, 2.45) is 0 Å².